The van der Waals surface area contributed by atoms with E-state index in [1.807, 2.05) is 11.8 Å². The van der Waals surface area contributed by atoms with Crippen molar-refractivity contribution in [1.29, 1.82) is 0 Å². The van der Waals surface area contributed by atoms with Crippen LogP contribution in [0, 0.1) is 5.92 Å². The van der Waals surface area contributed by atoms with Crippen LogP contribution in [-0.4, -0.2) is 34.9 Å². The zero-order valence-corrected chi connectivity index (χ0v) is 11.3. The van der Waals surface area contributed by atoms with Crippen molar-refractivity contribution in [3.8, 4) is 0 Å². The minimum atomic E-state index is -0.0112. The van der Waals surface area contributed by atoms with E-state index >= 15 is 0 Å². The summed E-state index contributed by atoms with van der Waals surface area (Å²) in [5, 5.41) is 0.308. The molecule has 2 N–H and O–H groups in total. The van der Waals surface area contributed by atoms with Crippen molar-refractivity contribution in [2.24, 2.45) is 11.7 Å². The number of nitrogens with zero attached hydrogens (tertiary/aromatic N) is 2. The minimum absolute atomic E-state index is 0.0112. The van der Waals surface area contributed by atoms with Crippen molar-refractivity contribution in [2.75, 3.05) is 13.1 Å². The first-order chi connectivity index (χ1) is 8.09. The summed E-state index contributed by atoms with van der Waals surface area (Å²) in [5.74, 6) is 0.377. The molecule has 4 nitrogen and oxygen atoms in total. The fraction of sp³-hybridized carbons (Fsp3) is 0.636. The molecule has 1 amide bonds. The number of amides is 1. The molecule has 0 radical (unpaired) electrons. The Kier molecular flexibility index (Phi) is 4.01. The van der Waals surface area contributed by atoms with E-state index in [1.165, 1.54) is 11.3 Å². The maximum absolute atomic E-state index is 12.2. The summed E-state index contributed by atoms with van der Waals surface area (Å²) >= 11 is 7.18. The molecule has 0 unspecified atom stereocenters. The molecule has 1 aliphatic rings. The third-order valence-corrected chi connectivity index (χ3v) is 4.42. The summed E-state index contributed by atoms with van der Waals surface area (Å²) in [4.78, 5) is 18.5. The third kappa shape index (κ3) is 2.78. The van der Waals surface area contributed by atoms with E-state index in [4.69, 9.17) is 17.3 Å². The first-order valence-corrected chi connectivity index (χ1v) is 6.99. The summed E-state index contributed by atoms with van der Waals surface area (Å²) in [5.41, 5.74) is 7.50. The molecule has 1 aromatic rings. The Morgan fingerprint density at radius 3 is 3.12 bits per heavy atom. The van der Waals surface area contributed by atoms with Crippen LogP contribution in [0.25, 0.3) is 0 Å². The number of halogens is 1. The summed E-state index contributed by atoms with van der Waals surface area (Å²) < 4.78 is 0. The van der Waals surface area contributed by atoms with Gasteiger partial charge in [0.25, 0.3) is 5.91 Å². The molecule has 0 aromatic carbocycles. The van der Waals surface area contributed by atoms with Gasteiger partial charge in [-0.05, 0) is 25.7 Å². The quantitative estimate of drug-likeness (QED) is 0.897. The molecule has 0 aliphatic carbocycles. The number of hydrogen-bond acceptors (Lipinski definition) is 4. The predicted molar refractivity (Wildman–Crippen MR) is 69.4 cm³/mol. The predicted octanol–water partition coefficient (Wildman–Crippen LogP) is 2.00. The fourth-order valence-electron chi connectivity index (χ4n) is 2.14. The number of hydrogen-bond donors (Lipinski definition) is 1. The van der Waals surface area contributed by atoms with Crippen LogP contribution in [0.5, 0.6) is 0 Å². The van der Waals surface area contributed by atoms with Crippen molar-refractivity contribution < 1.29 is 4.79 Å². The summed E-state index contributed by atoms with van der Waals surface area (Å²) in [6, 6.07) is 0.127. The first-order valence-electron chi connectivity index (χ1n) is 5.73. The molecule has 0 saturated carbocycles. The van der Waals surface area contributed by atoms with E-state index in [0.717, 1.165) is 25.9 Å². The standard InChI is InChI=1S/C11H16ClN3OS/c1-7(13)8-3-2-4-15(5-8)11(16)9-10(12)14-6-17-9/h6-8H,2-5,13H2,1H3/t7-,8-/m1/s1. The molecule has 1 aliphatic heterocycles. The second-order valence-corrected chi connectivity index (χ2v) is 5.70. The molecule has 0 bridgehead atoms. The minimum Gasteiger partial charge on any atom is -0.338 e. The molecule has 1 aromatic heterocycles. The van der Waals surface area contributed by atoms with Gasteiger partial charge in [0.05, 0.1) is 5.51 Å². The van der Waals surface area contributed by atoms with E-state index in [-0.39, 0.29) is 11.9 Å². The molecule has 1 saturated heterocycles. The Morgan fingerprint density at radius 1 is 1.76 bits per heavy atom. The average Bonchev–Trinajstić information content (AvgIpc) is 2.74. The monoisotopic (exact) mass is 273 g/mol. The van der Waals surface area contributed by atoms with Gasteiger partial charge in [-0.2, -0.15) is 0 Å². The lowest BCUT2D eigenvalue weighted by Crippen LogP contribution is -2.44. The SMILES string of the molecule is C[C@@H](N)[C@@H]1CCCN(C(=O)c2scnc2Cl)C1. The Hall–Kier alpha value is -0.650. The molecule has 2 atom stereocenters. The molecular formula is C11H16ClN3OS. The largest absolute Gasteiger partial charge is 0.338 e. The van der Waals surface area contributed by atoms with Gasteiger partial charge in [-0.25, -0.2) is 4.98 Å². The number of piperidine rings is 1. The van der Waals surface area contributed by atoms with Gasteiger partial charge < -0.3 is 10.6 Å². The lowest BCUT2D eigenvalue weighted by molar-refractivity contribution is 0.0666. The highest BCUT2D eigenvalue weighted by molar-refractivity contribution is 7.12. The van der Waals surface area contributed by atoms with Gasteiger partial charge in [0.1, 0.15) is 4.88 Å². The smallest absolute Gasteiger partial charge is 0.267 e. The highest BCUT2D eigenvalue weighted by Gasteiger charge is 2.28. The molecule has 0 spiro atoms. The van der Waals surface area contributed by atoms with Gasteiger partial charge in [0.15, 0.2) is 5.15 Å². The highest BCUT2D eigenvalue weighted by Crippen LogP contribution is 2.25. The summed E-state index contributed by atoms with van der Waals surface area (Å²) in [7, 11) is 0. The van der Waals surface area contributed by atoms with E-state index < -0.39 is 0 Å². The lowest BCUT2D eigenvalue weighted by atomic mass is 9.92. The molecule has 2 heterocycles. The van der Waals surface area contributed by atoms with Crippen molar-refractivity contribution in [3.05, 3.63) is 15.5 Å². The first kappa shape index (κ1) is 12.8. The Balaban J connectivity index is 2.07. The lowest BCUT2D eigenvalue weighted by Gasteiger charge is -2.34. The van der Waals surface area contributed by atoms with Crippen molar-refractivity contribution in [2.45, 2.75) is 25.8 Å². The van der Waals surface area contributed by atoms with Gasteiger partial charge in [0.2, 0.25) is 0 Å². The van der Waals surface area contributed by atoms with Gasteiger partial charge in [-0.3, -0.25) is 4.79 Å². The molecule has 2 rings (SSSR count). The number of carbonyl (C=O) groups excluding carboxylic acids is 1. The van der Waals surface area contributed by atoms with Gasteiger partial charge in [-0.1, -0.05) is 11.6 Å². The zero-order chi connectivity index (χ0) is 12.4. The summed E-state index contributed by atoms with van der Waals surface area (Å²) in [6.07, 6.45) is 2.10. The van der Waals surface area contributed by atoms with Gasteiger partial charge >= 0.3 is 0 Å². The van der Waals surface area contributed by atoms with E-state index in [9.17, 15) is 4.79 Å². The maximum Gasteiger partial charge on any atom is 0.267 e. The topological polar surface area (TPSA) is 59.2 Å². The average molecular weight is 274 g/mol. The van der Waals surface area contributed by atoms with Crippen LogP contribution < -0.4 is 5.73 Å². The Morgan fingerprint density at radius 2 is 2.53 bits per heavy atom. The Labute approximate surface area is 110 Å². The zero-order valence-electron chi connectivity index (χ0n) is 9.73. The highest BCUT2D eigenvalue weighted by atomic mass is 35.5. The van der Waals surface area contributed by atoms with Crippen LogP contribution in [0.4, 0.5) is 0 Å². The van der Waals surface area contributed by atoms with Crippen molar-refractivity contribution in [1.82, 2.24) is 9.88 Å². The number of likely N-dealkylation sites (tertiary alicyclic amines) is 1. The van der Waals surface area contributed by atoms with Crippen LogP contribution >= 0.6 is 22.9 Å². The van der Waals surface area contributed by atoms with Crippen LogP contribution in [0.15, 0.2) is 5.51 Å². The second-order valence-electron chi connectivity index (χ2n) is 4.48. The number of carbonyl (C=O) groups is 1. The van der Waals surface area contributed by atoms with Gasteiger partial charge in [-0.15, -0.1) is 11.3 Å². The number of rotatable bonds is 2. The number of aromatic nitrogens is 1. The number of nitrogens with two attached hydrogens (primary N) is 1. The molecule has 17 heavy (non-hydrogen) atoms. The fourth-order valence-corrected chi connectivity index (χ4v) is 3.10. The van der Waals surface area contributed by atoms with Crippen LogP contribution in [0.1, 0.15) is 29.4 Å². The van der Waals surface area contributed by atoms with Gasteiger partial charge in [0, 0.05) is 19.1 Å². The van der Waals surface area contributed by atoms with E-state index in [1.54, 1.807) is 5.51 Å². The van der Waals surface area contributed by atoms with Crippen LogP contribution in [0.2, 0.25) is 5.15 Å². The molecule has 6 heteroatoms. The van der Waals surface area contributed by atoms with Crippen LogP contribution in [0.3, 0.4) is 0 Å². The van der Waals surface area contributed by atoms with E-state index in [2.05, 4.69) is 4.98 Å². The Bertz CT molecular complexity index is 407. The summed E-state index contributed by atoms with van der Waals surface area (Å²) in [6.45, 7) is 3.51. The normalized spacial score (nSPS) is 22.5. The van der Waals surface area contributed by atoms with Crippen molar-refractivity contribution >= 4 is 28.8 Å². The van der Waals surface area contributed by atoms with E-state index in [0.29, 0.717) is 15.9 Å². The van der Waals surface area contributed by atoms with Crippen LogP contribution in [-0.2, 0) is 0 Å². The molecular weight excluding hydrogens is 258 g/mol. The number of thiazole rings is 1. The van der Waals surface area contributed by atoms with Crippen molar-refractivity contribution in [3.63, 3.8) is 0 Å². The molecule has 1 fully saturated rings. The molecule has 94 valence electrons. The third-order valence-electron chi connectivity index (χ3n) is 3.21. The second kappa shape index (κ2) is 5.33. The maximum atomic E-state index is 12.2.